The minimum atomic E-state index is -0.696. The minimum absolute atomic E-state index is 0.0536. The molecule has 0 aromatic heterocycles. The van der Waals surface area contributed by atoms with Gasteiger partial charge >= 0.3 is 0 Å². The molecule has 1 heterocycles. The Kier molecular flexibility index (Phi) is 1.89. The molecule has 1 aliphatic carbocycles. The van der Waals surface area contributed by atoms with Crippen molar-refractivity contribution >= 4 is 5.78 Å². The summed E-state index contributed by atoms with van der Waals surface area (Å²) in [6.45, 7) is 0. The molecule has 2 unspecified atom stereocenters. The van der Waals surface area contributed by atoms with Gasteiger partial charge in [-0.15, -0.1) is 0 Å². The van der Waals surface area contributed by atoms with Crippen molar-refractivity contribution in [2.45, 2.75) is 32.0 Å². The van der Waals surface area contributed by atoms with Crippen LogP contribution in [0.1, 0.15) is 25.7 Å². The fourth-order valence-corrected chi connectivity index (χ4v) is 1.79. The highest BCUT2D eigenvalue weighted by molar-refractivity contribution is 5.84. The Morgan fingerprint density at radius 1 is 1.50 bits per heavy atom. The van der Waals surface area contributed by atoms with Gasteiger partial charge in [-0.1, -0.05) is 0 Å². The van der Waals surface area contributed by atoms with Gasteiger partial charge in [-0.2, -0.15) is 0 Å². The van der Waals surface area contributed by atoms with E-state index >= 15 is 0 Å². The number of carbonyl (C=O) groups is 1. The number of Topliss-reactive ketones (excluding diaryl/α,β-unsaturated/α-hetero) is 1. The molecule has 0 amide bonds. The third kappa shape index (κ3) is 1.25. The molecule has 1 fully saturated rings. The average molecular weight is 168 g/mol. The molecule has 0 bridgehead atoms. The molecular weight excluding hydrogens is 156 g/mol. The van der Waals surface area contributed by atoms with E-state index in [-0.39, 0.29) is 11.7 Å². The fourth-order valence-electron chi connectivity index (χ4n) is 1.79. The van der Waals surface area contributed by atoms with Crippen LogP contribution in [-0.2, 0) is 9.53 Å². The van der Waals surface area contributed by atoms with Crippen LogP contribution in [-0.4, -0.2) is 17.2 Å². The van der Waals surface area contributed by atoms with Crippen LogP contribution < -0.4 is 0 Å². The number of aliphatic hydroxyl groups excluding tert-OH is 1. The molecule has 1 aliphatic heterocycles. The Balaban J connectivity index is 2.17. The first kappa shape index (κ1) is 7.80. The lowest BCUT2D eigenvalue weighted by molar-refractivity contribution is -0.135. The Morgan fingerprint density at radius 3 is 3.17 bits per heavy atom. The van der Waals surface area contributed by atoms with E-state index in [9.17, 15) is 4.79 Å². The molecule has 3 nitrogen and oxygen atoms in total. The smallest absolute Gasteiger partial charge is 0.196 e. The summed E-state index contributed by atoms with van der Waals surface area (Å²) in [7, 11) is 0. The van der Waals surface area contributed by atoms with E-state index in [4.69, 9.17) is 9.84 Å². The Morgan fingerprint density at radius 2 is 2.33 bits per heavy atom. The van der Waals surface area contributed by atoms with Gasteiger partial charge in [0.25, 0.3) is 0 Å². The molecule has 2 atom stereocenters. The molecule has 0 aromatic carbocycles. The van der Waals surface area contributed by atoms with Gasteiger partial charge in [0, 0.05) is 12.8 Å². The quantitative estimate of drug-likeness (QED) is 0.586. The van der Waals surface area contributed by atoms with Gasteiger partial charge in [0.2, 0.25) is 0 Å². The number of ether oxygens (including phenoxy) is 1. The van der Waals surface area contributed by atoms with Crippen molar-refractivity contribution < 1.29 is 14.6 Å². The number of aliphatic hydroxyl groups is 1. The third-order valence-corrected chi connectivity index (χ3v) is 2.44. The predicted molar refractivity (Wildman–Crippen MR) is 42.1 cm³/mol. The van der Waals surface area contributed by atoms with Gasteiger partial charge in [0.15, 0.2) is 6.29 Å². The van der Waals surface area contributed by atoms with Crippen LogP contribution in [0.5, 0.6) is 0 Å². The van der Waals surface area contributed by atoms with Gasteiger partial charge in [0.05, 0.1) is 5.92 Å². The normalized spacial score (nSPS) is 35.1. The standard InChI is InChI=1S/C9H12O3/c10-7-2-1-3-8-6(7)4-5-9(11)12-8/h3,6,9,11H,1-2,4-5H2. The van der Waals surface area contributed by atoms with Gasteiger partial charge in [0.1, 0.15) is 11.5 Å². The summed E-state index contributed by atoms with van der Waals surface area (Å²) >= 11 is 0. The maximum absolute atomic E-state index is 11.3. The zero-order chi connectivity index (χ0) is 8.55. The Labute approximate surface area is 71.0 Å². The molecule has 3 heteroatoms. The van der Waals surface area contributed by atoms with E-state index in [1.54, 1.807) is 0 Å². The Hall–Kier alpha value is -0.830. The summed E-state index contributed by atoms with van der Waals surface area (Å²) in [5.41, 5.74) is 0. The second-order valence-electron chi connectivity index (χ2n) is 3.31. The summed E-state index contributed by atoms with van der Waals surface area (Å²) < 4.78 is 5.16. The molecule has 1 saturated heterocycles. The van der Waals surface area contributed by atoms with Gasteiger partial charge < -0.3 is 9.84 Å². The van der Waals surface area contributed by atoms with E-state index in [2.05, 4.69) is 0 Å². The summed E-state index contributed by atoms with van der Waals surface area (Å²) in [5.74, 6) is 0.909. The van der Waals surface area contributed by atoms with Crippen molar-refractivity contribution in [1.82, 2.24) is 0 Å². The first-order valence-electron chi connectivity index (χ1n) is 4.35. The number of ketones is 1. The van der Waals surface area contributed by atoms with E-state index < -0.39 is 6.29 Å². The number of hydrogen-bond acceptors (Lipinski definition) is 3. The highest BCUT2D eigenvalue weighted by atomic mass is 16.6. The molecule has 12 heavy (non-hydrogen) atoms. The van der Waals surface area contributed by atoms with E-state index in [1.165, 1.54) is 0 Å². The lowest BCUT2D eigenvalue weighted by atomic mass is 9.87. The van der Waals surface area contributed by atoms with Crippen LogP contribution >= 0.6 is 0 Å². The van der Waals surface area contributed by atoms with Gasteiger partial charge in [-0.05, 0) is 18.9 Å². The zero-order valence-corrected chi connectivity index (χ0v) is 6.82. The SMILES string of the molecule is O=C1CCC=C2OC(O)CCC12. The lowest BCUT2D eigenvalue weighted by Crippen LogP contribution is -2.30. The topological polar surface area (TPSA) is 46.5 Å². The van der Waals surface area contributed by atoms with Gasteiger partial charge in [-0.25, -0.2) is 0 Å². The second kappa shape index (κ2) is 2.90. The third-order valence-electron chi connectivity index (χ3n) is 2.44. The molecule has 0 radical (unpaired) electrons. The fraction of sp³-hybridized carbons (Fsp3) is 0.667. The van der Waals surface area contributed by atoms with Crippen molar-refractivity contribution in [1.29, 1.82) is 0 Å². The minimum Gasteiger partial charge on any atom is -0.469 e. The monoisotopic (exact) mass is 168 g/mol. The van der Waals surface area contributed by atoms with Crippen molar-refractivity contribution in [3.63, 3.8) is 0 Å². The lowest BCUT2D eigenvalue weighted by Gasteiger charge is -2.30. The maximum Gasteiger partial charge on any atom is 0.196 e. The Bertz CT molecular complexity index is 232. The number of allylic oxidation sites excluding steroid dienone is 2. The van der Waals surface area contributed by atoms with Crippen molar-refractivity contribution in [3.8, 4) is 0 Å². The predicted octanol–water partition coefficient (Wildman–Crippen LogP) is 0.978. The van der Waals surface area contributed by atoms with Crippen molar-refractivity contribution in [2.24, 2.45) is 5.92 Å². The molecule has 0 saturated carbocycles. The van der Waals surface area contributed by atoms with Crippen molar-refractivity contribution in [2.75, 3.05) is 0 Å². The van der Waals surface area contributed by atoms with Crippen molar-refractivity contribution in [3.05, 3.63) is 11.8 Å². The van der Waals surface area contributed by atoms with E-state index in [0.717, 1.165) is 12.8 Å². The molecular formula is C9H12O3. The number of rotatable bonds is 0. The number of fused-ring (bicyclic) bond motifs is 1. The number of carbonyl (C=O) groups excluding carboxylic acids is 1. The summed E-state index contributed by atoms with van der Waals surface area (Å²) in [4.78, 5) is 11.3. The summed E-state index contributed by atoms with van der Waals surface area (Å²) in [6, 6.07) is 0. The second-order valence-corrected chi connectivity index (χ2v) is 3.31. The van der Waals surface area contributed by atoms with Crippen LogP contribution in [0.15, 0.2) is 11.8 Å². The highest BCUT2D eigenvalue weighted by Crippen LogP contribution is 2.32. The van der Waals surface area contributed by atoms with Crippen LogP contribution in [0, 0.1) is 5.92 Å². The number of hydrogen-bond donors (Lipinski definition) is 1. The van der Waals surface area contributed by atoms with Gasteiger partial charge in [-0.3, -0.25) is 4.79 Å². The van der Waals surface area contributed by atoms with E-state index in [0.29, 0.717) is 18.6 Å². The molecule has 1 N–H and O–H groups in total. The van der Waals surface area contributed by atoms with E-state index in [1.807, 2.05) is 6.08 Å². The van der Waals surface area contributed by atoms with Crippen LogP contribution in [0.3, 0.4) is 0 Å². The molecule has 66 valence electrons. The average Bonchev–Trinajstić information content (AvgIpc) is 2.04. The van der Waals surface area contributed by atoms with Crippen LogP contribution in [0.25, 0.3) is 0 Å². The first-order chi connectivity index (χ1) is 5.77. The maximum atomic E-state index is 11.3. The summed E-state index contributed by atoms with van der Waals surface area (Å²) in [5, 5.41) is 9.16. The zero-order valence-electron chi connectivity index (χ0n) is 6.82. The summed E-state index contributed by atoms with van der Waals surface area (Å²) in [6.07, 6.45) is 3.94. The highest BCUT2D eigenvalue weighted by Gasteiger charge is 2.32. The van der Waals surface area contributed by atoms with Crippen LogP contribution in [0.4, 0.5) is 0 Å². The first-order valence-corrected chi connectivity index (χ1v) is 4.35. The van der Waals surface area contributed by atoms with Crippen LogP contribution in [0.2, 0.25) is 0 Å². The molecule has 2 aliphatic rings. The molecule has 0 spiro atoms. The largest absolute Gasteiger partial charge is 0.469 e. The molecule has 2 rings (SSSR count). The molecule has 0 aromatic rings.